The van der Waals surface area contributed by atoms with Gasteiger partial charge in [-0.2, -0.15) is 0 Å². The molecule has 3 rings (SSSR count). The van der Waals surface area contributed by atoms with Crippen LogP contribution in [0.15, 0.2) is 60.7 Å². The van der Waals surface area contributed by atoms with Crippen LogP contribution >= 0.6 is 11.6 Å². The Morgan fingerprint density at radius 1 is 1.00 bits per heavy atom. The third-order valence-corrected chi connectivity index (χ3v) is 5.73. The van der Waals surface area contributed by atoms with Gasteiger partial charge in [0.15, 0.2) is 11.5 Å². The maximum absolute atomic E-state index is 10.9. The van der Waals surface area contributed by atoms with Gasteiger partial charge in [0.25, 0.3) is 0 Å². The van der Waals surface area contributed by atoms with Crippen LogP contribution in [0, 0.1) is 6.92 Å². The highest BCUT2D eigenvalue weighted by Gasteiger charge is 2.12. The lowest BCUT2D eigenvalue weighted by molar-refractivity contribution is -0.136. The van der Waals surface area contributed by atoms with E-state index in [-0.39, 0.29) is 12.5 Å². The van der Waals surface area contributed by atoms with Gasteiger partial charge in [0, 0.05) is 17.9 Å². The fourth-order valence-corrected chi connectivity index (χ4v) is 3.83. The van der Waals surface area contributed by atoms with Crippen molar-refractivity contribution in [1.82, 2.24) is 0 Å². The lowest BCUT2D eigenvalue weighted by Crippen LogP contribution is -2.16. The van der Waals surface area contributed by atoms with Crippen molar-refractivity contribution in [3.63, 3.8) is 0 Å². The third kappa shape index (κ3) is 7.42. The van der Waals surface area contributed by atoms with Crippen LogP contribution in [-0.2, 0) is 17.6 Å². The van der Waals surface area contributed by atoms with E-state index < -0.39 is 5.97 Å². The molecule has 0 bridgehead atoms. The predicted octanol–water partition coefficient (Wildman–Crippen LogP) is 7.26. The second-order valence-corrected chi connectivity index (χ2v) is 8.64. The number of carboxylic acids is 1. The first-order chi connectivity index (χ1) is 16.4. The van der Waals surface area contributed by atoms with Gasteiger partial charge in [0.1, 0.15) is 11.5 Å². The number of rotatable bonds is 12. The molecule has 0 heterocycles. The highest BCUT2D eigenvalue weighted by molar-refractivity contribution is 6.30. The Morgan fingerprint density at radius 2 is 1.76 bits per heavy atom. The van der Waals surface area contributed by atoms with Crippen molar-refractivity contribution >= 4 is 17.6 Å². The van der Waals surface area contributed by atoms with Crippen LogP contribution in [0.25, 0.3) is 0 Å². The van der Waals surface area contributed by atoms with E-state index >= 15 is 0 Å². The number of hydrogen-bond acceptors (Lipinski definition) is 4. The number of benzene rings is 3. The maximum Gasteiger partial charge on any atom is 0.303 e. The van der Waals surface area contributed by atoms with Gasteiger partial charge in [-0.3, -0.25) is 4.79 Å². The molecule has 6 heteroatoms. The molecule has 1 atom stereocenters. The molecule has 0 aliphatic heterocycles. The largest absolute Gasteiger partial charge is 0.493 e. The molecule has 0 aliphatic rings. The molecule has 0 aliphatic carbocycles. The smallest absolute Gasteiger partial charge is 0.303 e. The molecular weight excluding hydrogens is 452 g/mol. The zero-order valence-corrected chi connectivity index (χ0v) is 20.6. The van der Waals surface area contributed by atoms with Crippen LogP contribution in [0.2, 0.25) is 5.02 Å². The number of ether oxygens (including phenoxy) is 3. The summed E-state index contributed by atoms with van der Waals surface area (Å²) in [6.45, 7) is 6.51. The van der Waals surface area contributed by atoms with E-state index in [4.69, 9.17) is 30.9 Å². The molecule has 0 radical (unpaired) electrons. The number of aryl methyl sites for hydroxylation is 3. The summed E-state index contributed by atoms with van der Waals surface area (Å²) in [6.07, 6.45) is 2.09. The lowest BCUT2D eigenvalue weighted by atomic mass is 10.0. The predicted molar refractivity (Wildman–Crippen MR) is 135 cm³/mol. The number of carbonyl (C=O) groups is 1. The van der Waals surface area contributed by atoms with E-state index in [1.807, 2.05) is 68.4 Å². The molecule has 0 saturated carbocycles. The SMILES string of the molecule is CCc1cc(OCC[C@H](C)Oc2ccccc2Oc2ccc(Cl)cc2C)ccc1CCC(=O)O. The molecule has 0 unspecified atom stereocenters. The number of para-hydroxylation sites is 2. The van der Waals surface area contributed by atoms with E-state index in [0.29, 0.717) is 36.0 Å². The normalized spacial score (nSPS) is 11.6. The molecule has 5 nitrogen and oxygen atoms in total. The molecular formula is C28H31ClO5. The average molecular weight is 483 g/mol. The van der Waals surface area contributed by atoms with Crippen molar-refractivity contribution < 1.29 is 24.1 Å². The van der Waals surface area contributed by atoms with E-state index in [0.717, 1.165) is 34.6 Å². The summed E-state index contributed by atoms with van der Waals surface area (Å²) in [6, 6.07) is 19.0. The third-order valence-electron chi connectivity index (χ3n) is 5.49. The zero-order chi connectivity index (χ0) is 24.5. The second-order valence-electron chi connectivity index (χ2n) is 8.20. The van der Waals surface area contributed by atoms with Crippen molar-refractivity contribution in [2.75, 3.05) is 6.61 Å². The van der Waals surface area contributed by atoms with Gasteiger partial charge in [-0.25, -0.2) is 0 Å². The number of halogens is 1. The first-order valence-corrected chi connectivity index (χ1v) is 11.9. The van der Waals surface area contributed by atoms with Gasteiger partial charge in [-0.05, 0) is 85.8 Å². The topological polar surface area (TPSA) is 65.0 Å². The van der Waals surface area contributed by atoms with E-state index in [2.05, 4.69) is 6.92 Å². The van der Waals surface area contributed by atoms with Crippen molar-refractivity contribution in [1.29, 1.82) is 0 Å². The summed E-state index contributed by atoms with van der Waals surface area (Å²) in [5.74, 6) is 2.04. The molecule has 0 saturated heterocycles. The molecule has 3 aromatic carbocycles. The van der Waals surface area contributed by atoms with Crippen molar-refractivity contribution in [3.05, 3.63) is 82.4 Å². The Balaban J connectivity index is 1.55. The minimum Gasteiger partial charge on any atom is -0.493 e. The molecule has 0 aromatic heterocycles. The first-order valence-electron chi connectivity index (χ1n) is 11.5. The first kappa shape index (κ1) is 25.4. The van der Waals surface area contributed by atoms with Crippen LogP contribution < -0.4 is 14.2 Å². The molecule has 1 N–H and O–H groups in total. The highest BCUT2D eigenvalue weighted by atomic mass is 35.5. The molecule has 180 valence electrons. The van der Waals surface area contributed by atoms with Crippen molar-refractivity contribution in [2.24, 2.45) is 0 Å². The standard InChI is InChI=1S/C28H31ClO5/c1-4-21-18-24(12-9-22(21)10-14-28(30)31)32-16-15-20(3)33-26-7-5-6-8-27(26)34-25-13-11-23(29)17-19(25)2/h5-9,11-13,17-18,20H,4,10,14-16H2,1-3H3,(H,30,31)/t20-/m0/s1. The van der Waals surface area contributed by atoms with E-state index in [1.165, 1.54) is 0 Å². The van der Waals surface area contributed by atoms with Gasteiger partial charge in [0.2, 0.25) is 0 Å². The van der Waals surface area contributed by atoms with Crippen LogP contribution in [0.5, 0.6) is 23.0 Å². The summed E-state index contributed by atoms with van der Waals surface area (Å²) in [4.78, 5) is 10.9. The lowest BCUT2D eigenvalue weighted by Gasteiger charge is -2.18. The van der Waals surface area contributed by atoms with Crippen LogP contribution in [0.1, 0.15) is 43.4 Å². The van der Waals surface area contributed by atoms with E-state index in [1.54, 1.807) is 6.07 Å². The second kappa shape index (κ2) is 12.3. The Morgan fingerprint density at radius 3 is 2.47 bits per heavy atom. The summed E-state index contributed by atoms with van der Waals surface area (Å²) < 4.78 is 18.2. The molecule has 3 aromatic rings. The van der Waals surface area contributed by atoms with Gasteiger partial charge < -0.3 is 19.3 Å². The van der Waals surface area contributed by atoms with Crippen LogP contribution in [-0.4, -0.2) is 23.8 Å². The summed E-state index contributed by atoms with van der Waals surface area (Å²) in [5, 5.41) is 9.60. The van der Waals surface area contributed by atoms with Gasteiger partial charge >= 0.3 is 5.97 Å². The summed E-state index contributed by atoms with van der Waals surface area (Å²) in [7, 11) is 0. The van der Waals surface area contributed by atoms with Gasteiger partial charge in [-0.1, -0.05) is 36.7 Å². The Bertz CT molecular complexity index is 1110. The monoisotopic (exact) mass is 482 g/mol. The molecule has 0 spiro atoms. The molecule has 34 heavy (non-hydrogen) atoms. The minimum absolute atomic E-state index is 0.0865. The van der Waals surface area contributed by atoms with Crippen molar-refractivity contribution in [2.45, 2.75) is 52.6 Å². The number of carboxylic acid groups (broad SMARTS) is 1. The van der Waals surface area contributed by atoms with Crippen LogP contribution in [0.3, 0.4) is 0 Å². The summed E-state index contributed by atoms with van der Waals surface area (Å²) in [5.41, 5.74) is 3.12. The quantitative estimate of drug-likeness (QED) is 0.294. The maximum atomic E-state index is 10.9. The Labute approximate surface area is 206 Å². The number of aliphatic carboxylic acids is 1. The van der Waals surface area contributed by atoms with Gasteiger partial charge in [-0.15, -0.1) is 0 Å². The molecule has 0 amide bonds. The fourth-order valence-electron chi connectivity index (χ4n) is 3.60. The zero-order valence-electron chi connectivity index (χ0n) is 19.8. The Hall–Kier alpha value is -3.18. The molecule has 0 fully saturated rings. The van der Waals surface area contributed by atoms with E-state index in [9.17, 15) is 4.79 Å². The van der Waals surface area contributed by atoms with Gasteiger partial charge in [0.05, 0.1) is 12.7 Å². The Kier molecular flexibility index (Phi) is 9.23. The van der Waals surface area contributed by atoms with Crippen molar-refractivity contribution in [3.8, 4) is 23.0 Å². The summed E-state index contributed by atoms with van der Waals surface area (Å²) >= 11 is 6.05. The average Bonchev–Trinajstić information content (AvgIpc) is 2.81. The highest BCUT2D eigenvalue weighted by Crippen LogP contribution is 2.34. The number of hydrogen-bond donors (Lipinski definition) is 1. The fraction of sp³-hybridized carbons (Fsp3) is 0.321. The van der Waals surface area contributed by atoms with Crippen LogP contribution in [0.4, 0.5) is 0 Å². The minimum atomic E-state index is -0.786.